The van der Waals surface area contributed by atoms with Gasteiger partial charge in [0.05, 0.1) is 7.11 Å². The number of thiophene rings is 1. The summed E-state index contributed by atoms with van der Waals surface area (Å²) >= 11 is 1.12. The zero-order valence-electron chi connectivity index (χ0n) is 8.94. The number of halogens is 1. The Hall–Kier alpha value is -1.88. The summed E-state index contributed by atoms with van der Waals surface area (Å²) in [6.45, 7) is 0. The lowest BCUT2D eigenvalue weighted by Crippen LogP contribution is -1.95. The molecule has 0 radical (unpaired) electrons. The van der Waals surface area contributed by atoms with Crippen LogP contribution in [0.5, 0.6) is 5.75 Å². The smallest absolute Gasteiger partial charge is 0.346 e. The van der Waals surface area contributed by atoms with Crippen LogP contribution in [0.15, 0.2) is 29.6 Å². The number of hydrogen-bond acceptors (Lipinski definition) is 3. The zero-order valence-corrected chi connectivity index (χ0v) is 9.75. The minimum Gasteiger partial charge on any atom is -0.494 e. The normalized spacial score (nSPS) is 10.2. The Morgan fingerprint density at radius 1 is 1.41 bits per heavy atom. The topological polar surface area (TPSA) is 46.5 Å². The Kier molecular flexibility index (Phi) is 3.10. The van der Waals surface area contributed by atoms with E-state index < -0.39 is 11.8 Å². The summed E-state index contributed by atoms with van der Waals surface area (Å²) < 4.78 is 18.3. The molecule has 0 unspecified atom stereocenters. The highest BCUT2D eigenvalue weighted by Gasteiger charge is 2.14. The van der Waals surface area contributed by atoms with Crippen LogP contribution in [0.25, 0.3) is 11.1 Å². The molecular weight excluding hydrogens is 243 g/mol. The largest absolute Gasteiger partial charge is 0.494 e. The Morgan fingerprint density at radius 2 is 2.18 bits per heavy atom. The van der Waals surface area contributed by atoms with Gasteiger partial charge in [-0.15, -0.1) is 11.3 Å². The van der Waals surface area contributed by atoms with Crippen LogP contribution >= 0.6 is 11.3 Å². The standard InChI is InChI=1S/C12H9FO3S/c1-16-10-3-2-7(6-9(10)13)8-4-5-17-11(8)12(14)15/h2-6H,1H3,(H,14,15). The second-order valence-corrected chi connectivity index (χ2v) is 4.23. The van der Waals surface area contributed by atoms with Crippen LogP contribution in [0.3, 0.4) is 0 Å². The fourth-order valence-electron chi connectivity index (χ4n) is 1.54. The van der Waals surface area contributed by atoms with Crippen molar-refractivity contribution in [3.63, 3.8) is 0 Å². The molecule has 1 aromatic heterocycles. The molecule has 3 nitrogen and oxygen atoms in total. The Bertz CT molecular complexity index is 563. The fraction of sp³-hybridized carbons (Fsp3) is 0.0833. The van der Waals surface area contributed by atoms with Gasteiger partial charge in [-0.05, 0) is 29.1 Å². The van der Waals surface area contributed by atoms with Gasteiger partial charge in [0.25, 0.3) is 0 Å². The quantitative estimate of drug-likeness (QED) is 0.912. The summed E-state index contributed by atoms with van der Waals surface area (Å²) in [6.07, 6.45) is 0. The Balaban J connectivity index is 2.50. The Morgan fingerprint density at radius 3 is 2.76 bits per heavy atom. The summed E-state index contributed by atoms with van der Waals surface area (Å²) in [7, 11) is 1.38. The van der Waals surface area contributed by atoms with E-state index in [0.717, 1.165) is 11.3 Å². The van der Waals surface area contributed by atoms with Gasteiger partial charge < -0.3 is 9.84 Å². The van der Waals surface area contributed by atoms with E-state index in [9.17, 15) is 9.18 Å². The molecule has 0 atom stereocenters. The van der Waals surface area contributed by atoms with Crippen LogP contribution in [-0.2, 0) is 0 Å². The van der Waals surface area contributed by atoms with Crippen molar-refractivity contribution in [3.8, 4) is 16.9 Å². The summed E-state index contributed by atoms with van der Waals surface area (Å²) in [6, 6.07) is 6.05. The predicted octanol–water partition coefficient (Wildman–Crippen LogP) is 3.26. The van der Waals surface area contributed by atoms with Crippen LogP contribution in [-0.4, -0.2) is 18.2 Å². The van der Waals surface area contributed by atoms with Crippen molar-refractivity contribution >= 4 is 17.3 Å². The molecule has 0 bridgehead atoms. The fourth-order valence-corrected chi connectivity index (χ4v) is 2.29. The first-order valence-electron chi connectivity index (χ1n) is 4.78. The third-order valence-corrected chi connectivity index (χ3v) is 3.22. The van der Waals surface area contributed by atoms with Crippen LogP contribution in [0.2, 0.25) is 0 Å². The van der Waals surface area contributed by atoms with Crippen molar-refractivity contribution in [2.24, 2.45) is 0 Å². The number of aromatic carboxylic acids is 1. The third kappa shape index (κ3) is 2.14. The van der Waals surface area contributed by atoms with Crippen molar-refractivity contribution in [1.29, 1.82) is 0 Å². The van der Waals surface area contributed by atoms with Gasteiger partial charge in [-0.2, -0.15) is 0 Å². The number of carbonyl (C=O) groups is 1. The van der Waals surface area contributed by atoms with Gasteiger partial charge in [0.2, 0.25) is 0 Å². The lowest BCUT2D eigenvalue weighted by molar-refractivity contribution is 0.0703. The van der Waals surface area contributed by atoms with Crippen LogP contribution in [0.1, 0.15) is 9.67 Å². The van der Waals surface area contributed by atoms with Crippen molar-refractivity contribution < 1.29 is 19.0 Å². The van der Waals surface area contributed by atoms with E-state index in [2.05, 4.69) is 0 Å². The van der Waals surface area contributed by atoms with E-state index >= 15 is 0 Å². The average Bonchev–Trinajstić information content (AvgIpc) is 2.77. The second kappa shape index (κ2) is 4.55. The van der Waals surface area contributed by atoms with Crippen LogP contribution < -0.4 is 4.74 Å². The molecule has 0 spiro atoms. The summed E-state index contributed by atoms with van der Waals surface area (Å²) in [5.74, 6) is -1.38. The van der Waals surface area contributed by atoms with E-state index in [1.165, 1.54) is 19.2 Å². The zero-order chi connectivity index (χ0) is 12.4. The number of rotatable bonds is 3. The molecule has 0 amide bonds. The maximum atomic E-state index is 13.5. The highest BCUT2D eigenvalue weighted by Crippen LogP contribution is 2.31. The molecule has 0 aliphatic heterocycles. The third-order valence-electron chi connectivity index (χ3n) is 2.32. The van der Waals surface area contributed by atoms with E-state index in [1.54, 1.807) is 17.5 Å². The maximum Gasteiger partial charge on any atom is 0.346 e. The van der Waals surface area contributed by atoms with Crippen LogP contribution in [0, 0.1) is 5.82 Å². The number of carboxylic acid groups (broad SMARTS) is 1. The van der Waals surface area contributed by atoms with E-state index in [-0.39, 0.29) is 10.6 Å². The average molecular weight is 252 g/mol. The molecule has 0 fully saturated rings. The van der Waals surface area contributed by atoms with Crippen LogP contribution in [0.4, 0.5) is 4.39 Å². The predicted molar refractivity (Wildman–Crippen MR) is 63.2 cm³/mol. The number of ether oxygens (including phenoxy) is 1. The molecule has 0 aliphatic rings. The second-order valence-electron chi connectivity index (χ2n) is 3.32. The van der Waals surface area contributed by atoms with Gasteiger partial charge in [-0.1, -0.05) is 6.07 Å². The lowest BCUT2D eigenvalue weighted by Gasteiger charge is -2.04. The first-order valence-corrected chi connectivity index (χ1v) is 5.66. The number of benzene rings is 1. The van der Waals surface area contributed by atoms with E-state index in [0.29, 0.717) is 11.1 Å². The van der Waals surface area contributed by atoms with Crippen molar-refractivity contribution in [2.75, 3.05) is 7.11 Å². The highest BCUT2D eigenvalue weighted by atomic mass is 32.1. The molecule has 1 heterocycles. The van der Waals surface area contributed by atoms with Gasteiger partial charge in [-0.25, -0.2) is 9.18 Å². The number of hydrogen-bond donors (Lipinski definition) is 1. The van der Waals surface area contributed by atoms with Crippen molar-refractivity contribution in [2.45, 2.75) is 0 Å². The van der Waals surface area contributed by atoms with Gasteiger partial charge in [0, 0.05) is 5.56 Å². The lowest BCUT2D eigenvalue weighted by atomic mass is 10.1. The summed E-state index contributed by atoms with van der Waals surface area (Å²) in [5, 5.41) is 10.6. The van der Waals surface area contributed by atoms with E-state index in [4.69, 9.17) is 9.84 Å². The van der Waals surface area contributed by atoms with E-state index in [1.807, 2.05) is 0 Å². The van der Waals surface area contributed by atoms with Crippen molar-refractivity contribution in [3.05, 3.63) is 40.3 Å². The molecule has 2 rings (SSSR count). The molecule has 88 valence electrons. The number of carboxylic acids is 1. The first-order chi connectivity index (χ1) is 8.13. The van der Waals surface area contributed by atoms with Crippen molar-refractivity contribution in [1.82, 2.24) is 0 Å². The minimum absolute atomic E-state index is 0.140. The molecular formula is C12H9FO3S. The maximum absolute atomic E-state index is 13.5. The van der Waals surface area contributed by atoms with Gasteiger partial charge in [0.15, 0.2) is 11.6 Å². The van der Waals surface area contributed by atoms with Gasteiger partial charge in [0.1, 0.15) is 4.88 Å². The molecule has 17 heavy (non-hydrogen) atoms. The molecule has 2 aromatic rings. The SMILES string of the molecule is COc1ccc(-c2ccsc2C(=O)O)cc1F. The first kappa shape index (κ1) is 11.6. The molecule has 0 aliphatic carbocycles. The summed E-state index contributed by atoms with van der Waals surface area (Å²) in [4.78, 5) is 11.2. The minimum atomic E-state index is -1.01. The number of methoxy groups -OCH3 is 1. The highest BCUT2D eigenvalue weighted by molar-refractivity contribution is 7.12. The molecule has 5 heteroatoms. The molecule has 1 aromatic carbocycles. The molecule has 0 saturated carbocycles. The molecule has 1 N–H and O–H groups in total. The monoisotopic (exact) mass is 252 g/mol. The van der Waals surface area contributed by atoms with Gasteiger partial charge >= 0.3 is 5.97 Å². The Labute approximate surface area is 101 Å². The molecule has 0 saturated heterocycles. The van der Waals surface area contributed by atoms with Gasteiger partial charge in [-0.3, -0.25) is 0 Å². The summed E-state index contributed by atoms with van der Waals surface area (Å²) in [5.41, 5.74) is 1.05.